The molecule has 0 amide bonds. The van der Waals surface area contributed by atoms with Crippen LogP contribution in [0, 0.1) is 0 Å². The molecule has 0 heterocycles. The predicted molar refractivity (Wildman–Crippen MR) is 72.9 cm³/mol. The van der Waals surface area contributed by atoms with Gasteiger partial charge in [0.2, 0.25) is 0 Å². The van der Waals surface area contributed by atoms with Crippen molar-refractivity contribution in [1.82, 2.24) is 0 Å². The summed E-state index contributed by atoms with van der Waals surface area (Å²) in [6, 6.07) is 0. The second-order valence-electron chi connectivity index (χ2n) is 3.71. The topological polar surface area (TPSA) is 57.2 Å². The molecule has 0 bridgehead atoms. The van der Waals surface area contributed by atoms with Crippen LogP contribution in [0.2, 0.25) is 0 Å². The fourth-order valence-electron chi connectivity index (χ4n) is 1.01. The maximum Gasteiger partial charge on any atom is 1.00 e. The zero-order valence-corrected chi connectivity index (χ0v) is 15.6. The molecule has 102 valence electrons. The third-order valence-electron chi connectivity index (χ3n) is 1.86. The SMILES string of the molecule is CC=CC=CC(=O)[O-].CCCCCC=CC(C)=O.[K+]. The molecule has 0 saturated carbocycles. The number of rotatable bonds is 7. The summed E-state index contributed by atoms with van der Waals surface area (Å²) in [6.45, 7) is 5.56. The second-order valence-corrected chi connectivity index (χ2v) is 3.71. The molecule has 0 aromatic rings. The second kappa shape index (κ2) is 20.3. The zero-order valence-electron chi connectivity index (χ0n) is 12.5. The Morgan fingerprint density at radius 3 is 2.16 bits per heavy atom. The van der Waals surface area contributed by atoms with Crippen molar-refractivity contribution in [3.8, 4) is 0 Å². The molecule has 0 radical (unpaired) electrons. The Kier molecular flexibility index (Phi) is 25.7. The Morgan fingerprint density at radius 2 is 1.74 bits per heavy atom. The molecule has 3 nitrogen and oxygen atoms in total. The number of unbranched alkanes of at least 4 members (excludes halogenated alkanes) is 3. The van der Waals surface area contributed by atoms with E-state index >= 15 is 0 Å². The molecular weight excluding hydrogens is 267 g/mol. The summed E-state index contributed by atoms with van der Waals surface area (Å²) in [6.07, 6.45) is 14.1. The van der Waals surface area contributed by atoms with Crippen LogP contribution in [0.15, 0.2) is 36.5 Å². The Balaban J connectivity index is -0.000000262. The van der Waals surface area contributed by atoms with Crippen LogP contribution in [-0.4, -0.2) is 11.8 Å². The predicted octanol–water partition coefficient (Wildman–Crippen LogP) is -0.415. The van der Waals surface area contributed by atoms with Crippen molar-refractivity contribution >= 4 is 11.8 Å². The third kappa shape index (κ3) is 32.0. The van der Waals surface area contributed by atoms with E-state index in [2.05, 4.69) is 6.92 Å². The molecule has 0 aromatic carbocycles. The van der Waals surface area contributed by atoms with Crippen molar-refractivity contribution in [2.75, 3.05) is 0 Å². The normalized spacial score (nSPS) is 10.3. The molecule has 0 aromatic heterocycles. The van der Waals surface area contributed by atoms with Gasteiger partial charge >= 0.3 is 51.4 Å². The number of carbonyl (C=O) groups excluding carboxylic acids is 2. The van der Waals surface area contributed by atoms with Gasteiger partial charge in [-0.25, -0.2) is 0 Å². The number of carboxylic acid groups (broad SMARTS) is 1. The molecule has 0 atom stereocenters. The number of ketones is 1. The third-order valence-corrected chi connectivity index (χ3v) is 1.86. The van der Waals surface area contributed by atoms with Crippen LogP contribution < -0.4 is 56.5 Å². The fraction of sp³-hybridized carbons (Fsp3) is 0.467. The summed E-state index contributed by atoms with van der Waals surface area (Å²) in [5.74, 6) is -1.01. The number of hydrogen-bond donors (Lipinski definition) is 0. The van der Waals surface area contributed by atoms with Crippen LogP contribution in [0.4, 0.5) is 0 Å². The summed E-state index contributed by atoms with van der Waals surface area (Å²) in [5, 5.41) is 9.64. The summed E-state index contributed by atoms with van der Waals surface area (Å²) < 4.78 is 0. The van der Waals surface area contributed by atoms with Crippen LogP contribution in [0.5, 0.6) is 0 Å². The van der Waals surface area contributed by atoms with E-state index in [1.54, 1.807) is 32.1 Å². The first-order valence-electron chi connectivity index (χ1n) is 6.22. The van der Waals surface area contributed by atoms with Crippen LogP contribution in [-0.2, 0) is 9.59 Å². The Bertz CT molecular complexity index is 305. The summed E-state index contributed by atoms with van der Waals surface area (Å²) in [5.41, 5.74) is 0. The zero-order chi connectivity index (χ0) is 14.2. The molecule has 4 heteroatoms. The average Bonchev–Trinajstić information content (AvgIpc) is 2.29. The molecule has 0 saturated heterocycles. The first-order valence-corrected chi connectivity index (χ1v) is 6.22. The van der Waals surface area contributed by atoms with Crippen molar-refractivity contribution < 1.29 is 66.1 Å². The first kappa shape index (κ1) is 24.0. The van der Waals surface area contributed by atoms with Crippen molar-refractivity contribution in [2.45, 2.75) is 46.5 Å². The number of carboxylic acids is 1. The first-order chi connectivity index (χ1) is 8.54. The quantitative estimate of drug-likeness (QED) is 0.277. The molecule has 0 N–H and O–H groups in total. The average molecular weight is 290 g/mol. The van der Waals surface area contributed by atoms with Crippen molar-refractivity contribution in [3.05, 3.63) is 36.5 Å². The summed E-state index contributed by atoms with van der Waals surface area (Å²) in [7, 11) is 0. The van der Waals surface area contributed by atoms with Gasteiger partial charge in [0.05, 0.1) is 5.97 Å². The number of hydrogen-bond acceptors (Lipinski definition) is 3. The van der Waals surface area contributed by atoms with E-state index in [4.69, 9.17) is 0 Å². The molecule has 0 spiro atoms. The molecule has 0 rings (SSSR count). The van der Waals surface area contributed by atoms with Gasteiger partial charge in [0, 0.05) is 0 Å². The van der Waals surface area contributed by atoms with Gasteiger partial charge in [0.25, 0.3) is 0 Å². The van der Waals surface area contributed by atoms with Gasteiger partial charge in [-0.05, 0) is 38.8 Å². The number of allylic oxidation sites excluding steroid dienone is 5. The smallest absolute Gasteiger partial charge is 0.545 e. The van der Waals surface area contributed by atoms with Gasteiger partial charge in [0.15, 0.2) is 5.78 Å². The van der Waals surface area contributed by atoms with Gasteiger partial charge < -0.3 is 9.90 Å². The van der Waals surface area contributed by atoms with E-state index in [0.29, 0.717) is 0 Å². The Morgan fingerprint density at radius 1 is 1.11 bits per heavy atom. The monoisotopic (exact) mass is 290 g/mol. The maximum atomic E-state index is 10.4. The number of carbonyl (C=O) groups is 2. The van der Waals surface area contributed by atoms with E-state index in [9.17, 15) is 14.7 Å². The van der Waals surface area contributed by atoms with Gasteiger partial charge in [0.1, 0.15) is 0 Å². The van der Waals surface area contributed by atoms with E-state index in [1.165, 1.54) is 25.3 Å². The Labute approximate surface area is 159 Å². The van der Waals surface area contributed by atoms with Crippen LogP contribution >= 0.6 is 0 Å². The molecule has 19 heavy (non-hydrogen) atoms. The minimum Gasteiger partial charge on any atom is -0.545 e. The molecular formula is C15H23KO3. The van der Waals surface area contributed by atoms with Gasteiger partial charge in [-0.1, -0.05) is 44.1 Å². The van der Waals surface area contributed by atoms with E-state index in [-0.39, 0.29) is 57.2 Å². The largest absolute Gasteiger partial charge is 1.00 e. The summed E-state index contributed by atoms with van der Waals surface area (Å²) >= 11 is 0. The van der Waals surface area contributed by atoms with Gasteiger partial charge in [-0.2, -0.15) is 0 Å². The van der Waals surface area contributed by atoms with Gasteiger partial charge in [-0.3, -0.25) is 4.79 Å². The molecule has 0 unspecified atom stereocenters. The van der Waals surface area contributed by atoms with Crippen molar-refractivity contribution in [2.24, 2.45) is 0 Å². The van der Waals surface area contributed by atoms with E-state index in [1.807, 2.05) is 6.08 Å². The molecule has 0 aliphatic heterocycles. The standard InChI is InChI=1S/C9H16O.C6H8O2.K/c1-3-4-5-6-7-8-9(2)10;1-2-3-4-5-6(7)8;/h7-8H,3-6H2,1-2H3;2-5H,1H3,(H,7,8);/q;;+1/p-1. The minimum atomic E-state index is -1.16. The number of aliphatic carboxylic acids is 1. The maximum absolute atomic E-state index is 10.4. The van der Waals surface area contributed by atoms with Gasteiger partial charge in [-0.15, -0.1) is 0 Å². The molecule has 0 aliphatic carbocycles. The van der Waals surface area contributed by atoms with Crippen molar-refractivity contribution in [3.63, 3.8) is 0 Å². The summed E-state index contributed by atoms with van der Waals surface area (Å²) in [4.78, 5) is 20.0. The van der Waals surface area contributed by atoms with Crippen LogP contribution in [0.3, 0.4) is 0 Å². The van der Waals surface area contributed by atoms with Crippen LogP contribution in [0.25, 0.3) is 0 Å². The molecule has 0 fully saturated rings. The minimum absolute atomic E-state index is 0. The van der Waals surface area contributed by atoms with E-state index in [0.717, 1.165) is 12.5 Å². The molecule has 0 aliphatic rings. The van der Waals surface area contributed by atoms with Crippen molar-refractivity contribution in [1.29, 1.82) is 0 Å². The van der Waals surface area contributed by atoms with E-state index < -0.39 is 5.97 Å². The Hall–Kier alpha value is -0.00364. The van der Waals surface area contributed by atoms with Crippen LogP contribution in [0.1, 0.15) is 46.5 Å². The fourth-order valence-corrected chi connectivity index (χ4v) is 1.01.